The number of hydrogen-bond donors (Lipinski definition) is 1. The molecular weight excluding hydrogens is 278 g/mol. The predicted octanol–water partition coefficient (Wildman–Crippen LogP) is 3.54. The molecule has 4 nitrogen and oxygen atoms in total. The van der Waals surface area contributed by atoms with Crippen LogP contribution in [0, 0.1) is 0 Å². The van der Waals surface area contributed by atoms with E-state index in [1.807, 2.05) is 12.1 Å². The summed E-state index contributed by atoms with van der Waals surface area (Å²) in [7, 11) is 3.19. The van der Waals surface area contributed by atoms with Gasteiger partial charge in [-0.2, -0.15) is 0 Å². The molecule has 1 heterocycles. The average Bonchev–Trinajstić information content (AvgIpc) is 2.59. The first-order valence-corrected chi connectivity index (χ1v) is 7.35. The number of ether oxygens (including phenoxy) is 2. The van der Waals surface area contributed by atoms with Crippen molar-refractivity contribution in [2.45, 2.75) is 12.8 Å². The Morgan fingerprint density at radius 3 is 2.73 bits per heavy atom. The van der Waals surface area contributed by atoms with E-state index in [-0.39, 0.29) is 0 Å². The molecular formula is C18H19NO3. The van der Waals surface area contributed by atoms with Gasteiger partial charge in [-0.15, -0.1) is 0 Å². The number of hydrogen-bond acceptors (Lipinski definition) is 4. The maximum atomic E-state index is 11.2. The molecule has 22 heavy (non-hydrogen) atoms. The van der Waals surface area contributed by atoms with E-state index in [0.717, 1.165) is 36.8 Å². The van der Waals surface area contributed by atoms with Crippen LogP contribution in [0.25, 0.3) is 11.1 Å². The summed E-state index contributed by atoms with van der Waals surface area (Å²) in [6.45, 7) is 1.02. The lowest BCUT2D eigenvalue weighted by atomic mass is 9.95. The molecule has 0 saturated heterocycles. The lowest BCUT2D eigenvalue weighted by Crippen LogP contribution is -2.11. The molecule has 0 unspecified atom stereocenters. The Labute approximate surface area is 130 Å². The number of carbonyl (C=O) groups is 1. The Morgan fingerprint density at radius 1 is 1.14 bits per heavy atom. The van der Waals surface area contributed by atoms with Crippen LogP contribution in [-0.4, -0.2) is 27.1 Å². The summed E-state index contributed by atoms with van der Waals surface area (Å²) in [5.74, 6) is 1.22. The number of rotatable bonds is 4. The van der Waals surface area contributed by atoms with Crippen molar-refractivity contribution in [3.63, 3.8) is 0 Å². The molecule has 0 radical (unpaired) electrons. The van der Waals surface area contributed by atoms with Gasteiger partial charge in [0.2, 0.25) is 0 Å². The predicted molar refractivity (Wildman–Crippen MR) is 87.2 cm³/mol. The minimum atomic E-state index is 0.568. The van der Waals surface area contributed by atoms with E-state index in [4.69, 9.17) is 9.47 Å². The van der Waals surface area contributed by atoms with E-state index in [0.29, 0.717) is 17.1 Å². The third-order valence-corrected chi connectivity index (χ3v) is 3.99. The molecule has 0 saturated carbocycles. The average molecular weight is 297 g/mol. The van der Waals surface area contributed by atoms with Crippen LogP contribution in [0.15, 0.2) is 30.3 Å². The molecule has 0 amide bonds. The second-order valence-corrected chi connectivity index (χ2v) is 5.32. The second-order valence-electron chi connectivity index (χ2n) is 5.32. The molecule has 1 aliphatic rings. The number of aryl methyl sites for hydroxylation is 1. The fraction of sp³-hybridized carbons (Fsp3) is 0.278. The van der Waals surface area contributed by atoms with Gasteiger partial charge in [-0.25, -0.2) is 0 Å². The van der Waals surface area contributed by atoms with Crippen LogP contribution in [0.3, 0.4) is 0 Å². The van der Waals surface area contributed by atoms with Crippen molar-refractivity contribution in [2.24, 2.45) is 0 Å². The molecule has 0 aliphatic carbocycles. The topological polar surface area (TPSA) is 47.6 Å². The maximum absolute atomic E-state index is 11.2. The quantitative estimate of drug-likeness (QED) is 0.877. The van der Waals surface area contributed by atoms with Crippen molar-refractivity contribution in [1.82, 2.24) is 0 Å². The first-order valence-electron chi connectivity index (χ1n) is 7.35. The number of anilines is 1. The Morgan fingerprint density at radius 2 is 2.00 bits per heavy atom. The van der Waals surface area contributed by atoms with Crippen LogP contribution in [0.5, 0.6) is 11.5 Å². The summed E-state index contributed by atoms with van der Waals surface area (Å²) in [6, 6.07) is 9.82. The molecule has 3 rings (SSSR count). The minimum absolute atomic E-state index is 0.568. The van der Waals surface area contributed by atoms with E-state index < -0.39 is 0 Å². The van der Waals surface area contributed by atoms with Gasteiger partial charge >= 0.3 is 0 Å². The molecule has 0 atom stereocenters. The van der Waals surface area contributed by atoms with Gasteiger partial charge in [-0.05, 0) is 48.2 Å². The van der Waals surface area contributed by atoms with E-state index in [9.17, 15) is 4.79 Å². The van der Waals surface area contributed by atoms with Gasteiger partial charge < -0.3 is 14.8 Å². The second kappa shape index (κ2) is 6.10. The highest BCUT2D eigenvalue weighted by Gasteiger charge is 2.16. The zero-order valence-corrected chi connectivity index (χ0v) is 12.8. The summed E-state index contributed by atoms with van der Waals surface area (Å²) < 4.78 is 10.9. The zero-order valence-electron chi connectivity index (χ0n) is 12.8. The smallest absolute Gasteiger partial charge is 0.168 e. The van der Waals surface area contributed by atoms with Crippen molar-refractivity contribution >= 4 is 12.0 Å². The monoisotopic (exact) mass is 297 g/mol. The van der Waals surface area contributed by atoms with E-state index in [1.165, 1.54) is 11.3 Å². The molecule has 2 aromatic rings. The van der Waals surface area contributed by atoms with Crippen molar-refractivity contribution < 1.29 is 14.3 Å². The molecule has 0 bridgehead atoms. The van der Waals surface area contributed by atoms with Gasteiger partial charge in [0, 0.05) is 23.4 Å². The fourth-order valence-electron chi connectivity index (χ4n) is 2.91. The number of fused-ring (bicyclic) bond motifs is 1. The lowest BCUT2D eigenvalue weighted by Gasteiger charge is -2.20. The van der Waals surface area contributed by atoms with Crippen LogP contribution in [0.4, 0.5) is 5.69 Å². The van der Waals surface area contributed by atoms with Crippen molar-refractivity contribution in [3.8, 4) is 22.6 Å². The highest BCUT2D eigenvalue weighted by atomic mass is 16.5. The normalized spacial score (nSPS) is 13.0. The molecule has 1 N–H and O–H groups in total. The van der Waals surface area contributed by atoms with Gasteiger partial charge in [-0.1, -0.05) is 6.07 Å². The molecule has 0 aromatic heterocycles. The summed E-state index contributed by atoms with van der Waals surface area (Å²) in [6.07, 6.45) is 3.01. The molecule has 1 aliphatic heterocycles. The van der Waals surface area contributed by atoms with Crippen LogP contribution in [0.1, 0.15) is 22.3 Å². The Kier molecular flexibility index (Phi) is 4.00. The van der Waals surface area contributed by atoms with Crippen molar-refractivity contribution in [3.05, 3.63) is 41.5 Å². The number of aldehydes is 1. The highest BCUT2D eigenvalue weighted by molar-refractivity contribution is 5.85. The molecule has 114 valence electrons. The van der Waals surface area contributed by atoms with E-state index in [2.05, 4.69) is 17.4 Å². The first-order chi connectivity index (χ1) is 10.8. The fourth-order valence-corrected chi connectivity index (χ4v) is 2.91. The van der Waals surface area contributed by atoms with Crippen LogP contribution in [0.2, 0.25) is 0 Å². The van der Waals surface area contributed by atoms with Crippen LogP contribution >= 0.6 is 0 Å². The van der Waals surface area contributed by atoms with Gasteiger partial charge in [0.25, 0.3) is 0 Å². The molecule has 0 spiro atoms. The van der Waals surface area contributed by atoms with Crippen molar-refractivity contribution in [2.75, 3.05) is 26.1 Å². The summed E-state index contributed by atoms with van der Waals surface area (Å²) in [5.41, 5.74) is 4.95. The Hall–Kier alpha value is -2.49. The maximum Gasteiger partial charge on any atom is 0.168 e. The zero-order chi connectivity index (χ0) is 15.5. The van der Waals surface area contributed by atoms with Gasteiger partial charge in [0.15, 0.2) is 11.5 Å². The van der Waals surface area contributed by atoms with Crippen LogP contribution in [-0.2, 0) is 6.42 Å². The largest absolute Gasteiger partial charge is 0.493 e. The molecule has 2 aromatic carbocycles. The summed E-state index contributed by atoms with van der Waals surface area (Å²) in [4.78, 5) is 11.2. The Balaban J connectivity index is 2.16. The molecule has 0 fully saturated rings. The standard InChI is InChI=1S/C18H19NO3/c1-21-17-9-12(11-20)8-15(18(17)22-2)13-5-6-16-14(10-13)4-3-7-19-16/h5-6,8-11,19H,3-4,7H2,1-2H3. The highest BCUT2D eigenvalue weighted by Crippen LogP contribution is 2.40. The van der Waals surface area contributed by atoms with Gasteiger partial charge in [0.1, 0.15) is 6.29 Å². The first kappa shape index (κ1) is 14.4. The number of methoxy groups -OCH3 is 2. The van der Waals surface area contributed by atoms with Crippen molar-refractivity contribution in [1.29, 1.82) is 0 Å². The van der Waals surface area contributed by atoms with Crippen LogP contribution < -0.4 is 14.8 Å². The lowest BCUT2D eigenvalue weighted by molar-refractivity contribution is 0.112. The van der Waals surface area contributed by atoms with E-state index in [1.54, 1.807) is 20.3 Å². The van der Waals surface area contributed by atoms with E-state index >= 15 is 0 Å². The minimum Gasteiger partial charge on any atom is -0.493 e. The number of benzene rings is 2. The third kappa shape index (κ3) is 2.52. The SMILES string of the molecule is COc1cc(C=O)cc(-c2ccc3c(c2)CCCN3)c1OC. The summed E-state index contributed by atoms with van der Waals surface area (Å²) in [5, 5.41) is 3.40. The van der Waals surface area contributed by atoms with Gasteiger partial charge in [-0.3, -0.25) is 4.79 Å². The third-order valence-electron chi connectivity index (χ3n) is 3.99. The van der Waals surface area contributed by atoms with Gasteiger partial charge in [0.05, 0.1) is 14.2 Å². The number of carbonyl (C=O) groups excluding carboxylic acids is 1. The molecule has 4 heteroatoms. The summed E-state index contributed by atoms with van der Waals surface area (Å²) >= 11 is 0. The number of nitrogens with one attached hydrogen (secondary N) is 1. The Bertz CT molecular complexity index is 710.